The smallest absolute Gasteiger partial charge is 0.269 e. The van der Waals surface area contributed by atoms with E-state index in [2.05, 4.69) is 0 Å². The van der Waals surface area contributed by atoms with Crippen LogP contribution in [-0.2, 0) is 10.3 Å². The first kappa shape index (κ1) is 8.19. The van der Waals surface area contributed by atoms with E-state index in [1.165, 1.54) is 6.07 Å². The summed E-state index contributed by atoms with van der Waals surface area (Å²) in [6.45, 7) is 2.57. The molecule has 4 heteroatoms. The van der Waals surface area contributed by atoms with Crippen molar-refractivity contribution in [3.8, 4) is 0 Å². The van der Waals surface area contributed by atoms with Crippen molar-refractivity contribution in [2.24, 2.45) is 0 Å². The molecule has 0 aliphatic carbocycles. The van der Waals surface area contributed by atoms with E-state index in [0.717, 1.165) is 5.56 Å². The van der Waals surface area contributed by atoms with Gasteiger partial charge in [0.2, 0.25) is 0 Å². The lowest BCUT2D eigenvalue weighted by molar-refractivity contribution is -0.385. The second-order valence-corrected chi connectivity index (χ2v) is 3.33. The molecule has 1 heterocycles. The Balaban J connectivity index is 2.38. The minimum absolute atomic E-state index is 0.120. The van der Waals surface area contributed by atoms with Crippen LogP contribution in [0.3, 0.4) is 0 Å². The second kappa shape index (κ2) is 2.53. The van der Waals surface area contributed by atoms with Crippen LogP contribution in [0.1, 0.15) is 12.5 Å². The Morgan fingerprint density at radius 3 is 2.85 bits per heavy atom. The predicted molar refractivity (Wildman–Crippen MR) is 46.4 cm³/mol. The lowest BCUT2D eigenvalue weighted by Crippen LogP contribution is -2.02. The lowest BCUT2D eigenvalue weighted by Gasteiger charge is -2.03. The van der Waals surface area contributed by atoms with Gasteiger partial charge in [-0.25, -0.2) is 0 Å². The molecule has 2 rings (SSSR count). The molecule has 1 aromatic rings. The Morgan fingerprint density at radius 1 is 1.62 bits per heavy atom. The van der Waals surface area contributed by atoms with Gasteiger partial charge in [0, 0.05) is 12.1 Å². The monoisotopic (exact) mass is 179 g/mol. The van der Waals surface area contributed by atoms with E-state index in [9.17, 15) is 10.1 Å². The predicted octanol–water partition coefficient (Wildman–Crippen LogP) is 1.84. The van der Waals surface area contributed by atoms with Crippen molar-refractivity contribution in [1.29, 1.82) is 0 Å². The summed E-state index contributed by atoms with van der Waals surface area (Å²) < 4.78 is 5.19. The van der Waals surface area contributed by atoms with Crippen molar-refractivity contribution in [2.75, 3.05) is 6.61 Å². The molecule has 0 spiro atoms. The van der Waals surface area contributed by atoms with E-state index < -0.39 is 4.92 Å². The molecule has 1 saturated heterocycles. The van der Waals surface area contributed by atoms with Crippen LogP contribution < -0.4 is 0 Å². The van der Waals surface area contributed by atoms with E-state index in [1.807, 2.05) is 13.0 Å². The summed E-state index contributed by atoms with van der Waals surface area (Å²) >= 11 is 0. The van der Waals surface area contributed by atoms with Gasteiger partial charge in [0.25, 0.3) is 5.69 Å². The molecule has 1 unspecified atom stereocenters. The van der Waals surface area contributed by atoms with E-state index in [1.54, 1.807) is 12.1 Å². The third kappa shape index (κ3) is 1.40. The van der Waals surface area contributed by atoms with Gasteiger partial charge in [-0.2, -0.15) is 0 Å². The van der Waals surface area contributed by atoms with Crippen LogP contribution in [0.15, 0.2) is 24.3 Å². The Bertz CT molecular complexity index is 358. The van der Waals surface area contributed by atoms with E-state index >= 15 is 0 Å². The largest absolute Gasteiger partial charge is 0.365 e. The normalized spacial score (nSPS) is 25.6. The van der Waals surface area contributed by atoms with Crippen molar-refractivity contribution >= 4 is 5.69 Å². The molecule has 0 radical (unpaired) electrons. The maximum Gasteiger partial charge on any atom is 0.269 e. The number of non-ortho nitro benzene ring substituents is 1. The summed E-state index contributed by atoms with van der Waals surface area (Å²) in [6.07, 6.45) is 0. The minimum atomic E-state index is -0.394. The molecule has 1 atom stereocenters. The zero-order chi connectivity index (χ0) is 9.47. The first-order valence-corrected chi connectivity index (χ1v) is 4.01. The average Bonchev–Trinajstić information content (AvgIpc) is 2.85. The van der Waals surface area contributed by atoms with Gasteiger partial charge in [0.15, 0.2) is 0 Å². The van der Waals surface area contributed by atoms with Gasteiger partial charge in [0.1, 0.15) is 5.60 Å². The number of hydrogen-bond donors (Lipinski definition) is 0. The quantitative estimate of drug-likeness (QED) is 0.395. The number of nitrogens with zero attached hydrogens (tertiary/aromatic N) is 1. The molecule has 4 nitrogen and oxygen atoms in total. The summed E-state index contributed by atoms with van der Waals surface area (Å²) in [5, 5.41) is 10.5. The molecule has 0 amide bonds. The number of epoxide rings is 1. The van der Waals surface area contributed by atoms with Crippen LogP contribution in [0.25, 0.3) is 0 Å². The lowest BCUT2D eigenvalue weighted by atomic mass is 10.0. The van der Waals surface area contributed by atoms with Crippen LogP contribution in [0.2, 0.25) is 0 Å². The topological polar surface area (TPSA) is 55.7 Å². The van der Waals surface area contributed by atoms with Crippen molar-refractivity contribution in [3.05, 3.63) is 39.9 Å². The van der Waals surface area contributed by atoms with Gasteiger partial charge in [-0.3, -0.25) is 10.1 Å². The van der Waals surface area contributed by atoms with E-state index in [0.29, 0.717) is 6.61 Å². The number of ether oxygens (including phenoxy) is 1. The summed E-state index contributed by atoms with van der Waals surface area (Å²) in [5.41, 5.74) is 0.711. The molecule has 0 bridgehead atoms. The third-order valence-corrected chi connectivity index (χ3v) is 2.24. The van der Waals surface area contributed by atoms with Crippen LogP contribution in [-0.4, -0.2) is 11.5 Å². The zero-order valence-corrected chi connectivity index (χ0v) is 7.19. The van der Waals surface area contributed by atoms with Crippen molar-refractivity contribution in [3.63, 3.8) is 0 Å². The molecule has 1 aliphatic heterocycles. The van der Waals surface area contributed by atoms with Crippen LogP contribution in [0, 0.1) is 10.1 Å². The van der Waals surface area contributed by atoms with Gasteiger partial charge >= 0.3 is 0 Å². The Kier molecular flexibility index (Phi) is 1.60. The van der Waals surface area contributed by atoms with Crippen molar-refractivity contribution in [2.45, 2.75) is 12.5 Å². The Hall–Kier alpha value is -1.42. The Morgan fingerprint density at radius 2 is 2.31 bits per heavy atom. The SMILES string of the molecule is CC1(c2cccc([N+](=O)[O-])c2)CO1. The van der Waals surface area contributed by atoms with Crippen LogP contribution in [0.4, 0.5) is 5.69 Å². The molecule has 13 heavy (non-hydrogen) atoms. The molecule has 1 fully saturated rings. The highest BCUT2D eigenvalue weighted by molar-refractivity contribution is 5.38. The number of benzene rings is 1. The molecule has 1 aromatic carbocycles. The fourth-order valence-corrected chi connectivity index (χ4v) is 1.22. The molecule has 1 aliphatic rings. The van der Waals surface area contributed by atoms with E-state index in [4.69, 9.17) is 4.74 Å². The summed E-state index contributed by atoms with van der Waals surface area (Å²) in [4.78, 5) is 10.1. The highest BCUT2D eigenvalue weighted by atomic mass is 16.6. The highest BCUT2D eigenvalue weighted by Crippen LogP contribution is 2.38. The molecule has 0 N–H and O–H groups in total. The fourth-order valence-electron chi connectivity index (χ4n) is 1.22. The maximum absolute atomic E-state index is 10.5. The van der Waals surface area contributed by atoms with Gasteiger partial charge in [-0.1, -0.05) is 12.1 Å². The maximum atomic E-state index is 10.5. The van der Waals surface area contributed by atoms with Gasteiger partial charge in [0.05, 0.1) is 11.5 Å². The third-order valence-electron chi connectivity index (χ3n) is 2.24. The summed E-state index contributed by atoms with van der Waals surface area (Å²) in [6, 6.07) is 6.57. The number of nitro benzene ring substituents is 1. The van der Waals surface area contributed by atoms with Crippen LogP contribution >= 0.6 is 0 Å². The van der Waals surface area contributed by atoms with Gasteiger partial charge < -0.3 is 4.74 Å². The second-order valence-electron chi connectivity index (χ2n) is 3.33. The minimum Gasteiger partial charge on any atom is -0.365 e. The molecule has 0 aromatic heterocycles. The summed E-state index contributed by atoms with van der Waals surface area (Å²) in [5.74, 6) is 0. The van der Waals surface area contributed by atoms with Crippen molar-refractivity contribution < 1.29 is 9.66 Å². The molecular formula is C9H9NO3. The highest BCUT2D eigenvalue weighted by Gasteiger charge is 2.41. The number of rotatable bonds is 2. The number of hydrogen-bond acceptors (Lipinski definition) is 3. The fraction of sp³-hybridized carbons (Fsp3) is 0.333. The van der Waals surface area contributed by atoms with E-state index in [-0.39, 0.29) is 11.3 Å². The first-order valence-electron chi connectivity index (χ1n) is 4.01. The molecule has 68 valence electrons. The molecular weight excluding hydrogens is 170 g/mol. The van der Waals surface area contributed by atoms with Crippen molar-refractivity contribution in [1.82, 2.24) is 0 Å². The van der Waals surface area contributed by atoms with Gasteiger partial charge in [-0.05, 0) is 12.5 Å². The van der Waals surface area contributed by atoms with Crippen LogP contribution in [0.5, 0.6) is 0 Å². The summed E-state index contributed by atoms with van der Waals surface area (Å²) in [7, 11) is 0. The average molecular weight is 179 g/mol. The first-order chi connectivity index (χ1) is 6.12. The number of nitro groups is 1. The zero-order valence-electron chi connectivity index (χ0n) is 7.19. The Labute approximate surface area is 75.3 Å². The standard InChI is InChI=1S/C9H9NO3/c1-9(6-13-9)7-3-2-4-8(5-7)10(11)12/h2-5H,6H2,1H3. The molecule has 0 saturated carbocycles. The van der Waals surface area contributed by atoms with Gasteiger partial charge in [-0.15, -0.1) is 0 Å².